The van der Waals surface area contributed by atoms with Crippen molar-refractivity contribution in [2.75, 3.05) is 34.4 Å². The summed E-state index contributed by atoms with van der Waals surface area (Å²) >= 11 is 1.42. The van der Waals surface area contributed by atoms with Gasteiger partial charge in [0.1, 0.15) is 5.82 Å². The lowest BCUT2D eigenvalue weighted by molar-refractivity contribution is -0.0764. The Morgan fingerprint density at radius 2 is 1.71 bits per heavy atom. The molecule has 1 aromatic carbocycles. The number of morpholine rings is 1. The van der Waals surface area contributed by atoms with Crippen molar-refractivity contribution in [2.24, 2.45) is 0 Å². The average Bonchev–Trinajstić information content (AvgIpc) is 3.24. The number of thiazole rings is 1. The van der Waals surface area contributed by atoms with Gasteiger partial charge < -0.3 is 24.1 Å². The smallest absolute Gasteiger partial charge is 0.230 e. The minimum absolute atomic E-state index is 0.0554. The first kappa shape index (κ1) is 21.7. The van der Waals surface area contributed by atoms with Crippen LogP contribution in [0.4, 0.5) is 0 Å². The van der Waals surface area contributed by atoms with Gasteiger partial charge in [0.2, 0.25) is 16.6 Å². The van der Waals surface area contributed by atoms with Crippen molar-refractivity contribution in [1.82, 2.24) is 19.5 Å². The number of nitrogens with zero attached hydrogens (tertiary/aromatic N) is 4. The zero-order chi connectivity index (χ0) is 22.3. The molecule has 4 rings (SSSR count). The van der Waals surface area contributed by atoms with Crippen molar-refractivity contribution >= 4 is 16.3 Å². The maximum Gasteiger partial charge on any atom is 0.230 e. The summed E-state index contributed by atoms with van der Waals surface area (Å²) in [5, 5.41) is 15.4. The Bertz CT molecular complexity index is 1050. The predicted octanol–water partition coefficient (Wildman–Crippen LogP) is 3.03. The molecule has 1 aliphatic rings. The number of fused-ring (bicyclic) bond motifs is 1. The molecule has 0 bridgehead atoms. The highest BCUT2D eigenvalue weighted by molar-refractivity contribution is 7.17. The molecule has 3 aromatic rings. The third-order valence-corrected chi connectivity index (χ3v) is 6.44. The van der Waals surface area contributed by atoms with E-state index in [-0.39, 0.29) is 24.1 Å². The minimum Gasteiger partial charge on any atom is -0.493 e. The Morgan fingerprint density at radius 3 is 2.23 bits per heavy atom. The maximum absolute atomic E-state index is 11.1. The predicted molar refractivity (Wildman–Crippen MR) is 117 cm³/mol. The van der Waals surface area contributed by atoms with E-state index >= 15 is 0 Å². The molecular formula is C21H28N4O5S. The Hall–Kier alpha value is -2.56. The molecule has 0 amide bonds. The number of aryl methyl sites for hydroxylation is 1. The summed E-state index contributed by atoms with van der Waals surface area (Å²) in [5.41, 5.74) is 0.910. The summed E-state index contributed by atoms with van der Waals surface area (Å²) in [6.07, 6.45) is 0.111. The van der Waals surface area contributed by atoms with Crippen molar-refractivity contribution in [3.8, 4) is 23.1 Å². The molecule has 9 nitrogen and oxygen atoms in total. The van der Waals surface area contributed by atoms with E-state index in [9.17, 15) is 5.11 Å². The maximum atomic E-state index is 11.1. The van der Waals surface area contributed by atoms with Gasteiger partial charge >= 0.3 is 0 Å². The first-order chi connectivity index (χ1) is 14.9. The van der Waals surface area contributed by atoms with Crippen LogP contribution < -0.4 is 14.2 Å². The van der Waals surface area contributed by atoms with E-state index in [0.717, 1.165) is 10.4 Å². The number of hydrogen-bond donors (Lipinski definition) is 1. The molecule has 2 aromatic heterocycles. The normalized spacial score (nSPS) is 20.7. The van der Waals surface area contributed by atoms with E-state index in [1.807, 2.05) is 12.1 Å². The van der Waals surface area contributed by atoms with Gasteiger partial charge in [0.15, 0.2) is 11.5 Å². The molecule has 3 atom stereocenters. The average molecular weight is 449 g/mol. The van der Waals surface area contributed by atoms with E-state index in [2.05, 4.69) is 28.8 Å². The highest BCUT2D eigenvalue weighted by Crippen LogP contribution is 2.46. The molecule has 1 saturated heterocycles. The molecule has 1 fully saturated rings. The monoisotopic (exact) mass is 448 g/mol. The molecule has 0 aliphatic carbocycles. The lowest BCUT2D eigenvalue weighted by atomic mass is 10.0. The number of aromatic nitrogens is 3. The van der Waals surface area contributed by atoms with Crippen molar-refractivity contribution in [1.29, 1.82) is 0 Å². The number of methoxy groups -OCH3 is 3. The minimum atomic E-state index is -0.267. The van der Waals surface area contributed by atoms with Crippen LogP contribution >= 0.6 is 11.3 Å². The second-order valence-electron chi connectivity index (χ2n) is 7.72. The SMILES string of the molecule is COc1cc([C@@H](c2sc3nc(C)nn3c2O)N2C[C@@H](C)O[C@@H](C)C2)cc(OC)c1OC. The zero-order valence-corrected chi connectivity index (χ0v) is 19.4. The summed E-state index contributed by atoms with van der Waals surface area (Å²) in [6.45, 7) is 7.33. The molecule has 10 heteroatoms. The summed E-state index contributed by atoms with van der Waals surface area (Å²) in [7, 11) is 4.77. The van der Waals surface area contributed by atoms with Crippen LogP contribution in [0.3, 0.4) is 0 Å². The van der Waals surface area contributed by atoms with E-state index in [1.54, 1.807) is 28.3 Å². The van der Waals surface area contributed by atoms with Crippen molar-refractivity contribution < 1.29 is 24.1 Å². The van der Waals surface area contributed by atoms with E-state index in [0.29, 0.717) is 41.1 Å². The Balaban J connectivity index is 1.90. The summed E-state index contributed by atoms with van der Waals surface area (Å²) in [5.74, 6) is 2.35. The molecule has 1 N–H and O–H groups in total. The van der Waals surface area contributed by atoms with Crippen LogP contribution in [0.2, 0.25) is 0 Å². The fourth-order valence-corrected chi connectivity index (χ4v) is 5.40. The summed E-state index contributed by atoms with van der Waals surface area (Å²) in [6, 6.07) is 3.59. The molecule has 3 heterocycles. The second kappa shape index (κ2) is 8.52. The van der Waals surface area contributed by atoms with E-state index in [1.165, 1.54) is 15.9 Å². The van der Waals surface area contributed by atoms with Crippen LogP contribution in [0.15, 0.2) is 12.1 Å². The van der Waals surface area contributed by atoms with Gasteiger partial charge in [-0.3, -0.25) is 4.90 Å². The van der Waals surface area contributed by atoms with Crippen LogP contribution in [-0.4, -0.2) is 71.2 Å². The number of aromatic hydroxyl groups is 1. The Labute approximate surface area is 185 Å². The highest BCUT2D eigenvalue weighted by Gasteiger charge is 2.35. The topological polar surface area (TPSA) is 90.6 Å². The molecule has 0 unspecified atom stereocenters. The fourth-order valence-electron chi connectivity index (χ4n) is 4.24. The number of ether oxygens (including phenoxy) is 4. The van der Waals surface area contributed by atoms with Crippen LogP contribution in [0.25, 0.3) is 4.96 Å². The second-order valence-corrected chi connectivity index (χ2v) is 8.72. The largest absolute Gasteiger partial charge is 0.493 e. The molecular weight excluding hydrogens is 420 g/mol. The van der Waals surface area contributed by atoms with Crippen LogP contribution in [0.1, 0.15) is 36.2 Å². The molecule has 1 aliphatic heterocycles. The molecule has 0 spiro atoms. The van der Waals surface area contributed by atoms with Gasteiger partial charge in [-0.1, -0.05) is 11.3 Å². The fraction of sp³-hybridized carbons (Fsp3) is 0.524. The quantitative estimate of drug-likeness (QED) is 0.615. The summed E-state index contributed by atoms with van der Waals surface area (Å²) < 4.78 is 24.1. The zero-order valence-electron chi connectivity index (χ0n) is 18.6. The van der Waals surface area contributed by atoms with E-state index in [4.69, 9.17) is 18.9 Å². The standard InChI is InChI=1S/C21H28N4O5S/c1-11-9-24(10-12(2)30-11)17(19-20(26)25-21(31-19)22-13(3)23-25)14-7-15(27-4)18(29-6)16(8-14)28-5/h7-8,11-12,17,26H,9-10H2,1-6H3/t11-,12+,17-/m0/s1. The van der Waals surface area contributed by atoms with Crippen molar-refractivity contribution in [3.05, 3.63) is 28.4 Å². The Kier molecular flexibility index (Phi) is 5.96. The summed E-state index contributed by atoms with van der Waals surface area (Å²) in [4.78, 5) is 8.15. The highest BCUT2D eigenvalue weighted by atomic mass is 32.1. The van der Waals surface area contributed by atoms with Crippen molar-refractivity contribution in [2.45, 2.75) is 39.0 Å². The number of rotatable bonds is 6. The van der Waals surface area contributed by atoms with Gasteiger partial charge in [0.05, 0.1) is 44.5 Å². The van der Waals surface area contributed by atoms with Crippen LogP contribution in [-0.2, 0) is 4.74 Å². The first-order valence-corrected chi connectivity index (χ1v) is 10.9. The first-order valence-electron chi connectivity index (χ1n) is 10.1. The number of benzene rings is 1. The van der Waals surface area contributed by atoms with Crippen LogP contribution in [0.5, 0.6) is 23.1 Å². The van der Waals surface area contributed by atoms with Gasteiger partial charge in [-0.05, 0) is 38.5 Å². The van der Waals surface area contributed by atoms with Gasteiger partial charge in [-0.25, -0.2) is 4.98 Å². The third kappa shape index (κ3) is 3.90. The van der Waals surface area contributed by atoms with Crippen molar-refractivity contribution in [3.63, 3.8) is 0 Å². The molecule has 0 saturated carbocycles. The van der Waals surface area contributed by atoms with Crippen LogP contribution in [0, 0.1) is 6.92 Å². The van der Waals surface area contributed by atoms with Gasteiger partial charge in [-0.2, -0.15) is 4.52 Å². The van der Waals surface area contributed by atoms with Gasteiger partial charge in [0, 0.05) is 13.1 Å². The molecule has 0 radical (unpaired) electrons. The van der Waals surface area contributed by atoms with E-state index < -0.39 is 0 Å². The number of hydrogen-bond acceptors (Lipinski definition) is 9. The van der Waals surface area contributed by atoms with Gasteiger partial charge in [-0.15, -0.1) is 5.10 Å². The third-order valence-electron chi connectivity index (χ3n) is 5.37. The molecule has 31 heavy (non-hydrogen) atoms. The van der Waals surface area contributed by atoms with Gasteiger partial charge in [0.25, 0.3) is 0 Å². The lowest BCUT2D eigenvalue weighted by Crippen LogP contribution is -2.47. The molecule has 168 valence electrons. The lowest BCUT2D eigenvalue weighted by Gasteiger charge is -2.40. The Morgan fingerprint density at radius 1 is 1.10 bits per heavy atom.